The molecule has 2 N–H and O–H groups in total. The van der Waals surface area contributed by atoms with E-state index in [9.17, 15) is 0 Å². The number of rotatable bonds is 3. The summed E-state index contributed by atoms with van der Waals surface area (Å²) in [5.41, 5.74) is 9.68. The molecule has 0 saturated carbocycles. The van der Waals surface area contributed by atoms with E-state index >= 15 is 0 Å². The van der Waals surface area contributed by atoms with E-state index < -0.39 is 0 Å². The Morgan fingerprint density at radius 2 is 1.88 bits per heavy atom. The normalized spacial score (nSPS) is 10.9. The van der Waals surface area contributed by atoms with Gasteiger partial charge < -0.3 is 5.73 Å². The lowest BCUT2D eigenvalue weighted by Crippen LogP contribution is -2.02. The van der Waals surface area contributed by atoms with Crippen LogP contribution < -0.4 is 5.73 Å². The smallest absolute Gasteiger partial charge is 0.212 e. The molecule has 0 fully saturated rings. The van der Waals surface area contributed by atoms with Gasteiger partial charge >= 0.3 is 0 Å². The first-order chi connectivity index (χ1) is 11.7. The van der Waals surface area contributed by atoms with Crippen LogP contribution in [0.2, 0.25) is 5.02 Å². The van der Waals surface area contributed by atoms with Crippen LogP contribution in [0.5, 0.6) is 0 Å². The van der Waals surface area contributed by atoms with Crippen molar-refractivity contribution in [2.75, 3.05) is 5.73 Å². The predicted molar refractivity (Wildman–Crippen MR) is 97.3 cm³/mol. The molecule has 0 spiro atoms. The summed E-state index contributed by atoms with van der Waals surface area (Å²) in [4.78, 5) is 8.94. The van der Waals surface area contributed by atoms with Crippen LogP contribution >= 0.6 is 22.9 Å². The molecular weight excluding hydrogens is 342 g/mol. The van der Waals surface area contributed by atoms with Crippen LogP contribution in [0.25, 0.3) is 27.6 Å². The number of benzene rings is 1. The second-order valence-electron chi connectivity index (χ2n) is 5.09. The molecule has 24 heavy (non-hydrogen) atoms. The number of hydrogen-bond acceptors (Lipinski definition) is 5. The van der Waals surface area contributed by atoms with Gasteiger partial charge in [0.1, 0.15) is 5.82 Å². The Hall–Kier alpha value is -2.70. The number of anilines is 1. The molecule has 0 saturated heterocycles. The van der Waals surface area contributed by atoms with E-state index in [4.69, 9.17) is 17.3 Å². The van der Waals surface area contributed by atoms with E-state index in [0.29, 0.717) is 16.0 Å². The number of halogens is 1. The lowest BCUT2D eigenvalue weighted by molar-refractivity contribution is 0.881. The SMILES string of the molecule is Nc1c(-c2ccccn2)cnn1-c1nc(-c2ccc(Cl)cc2)cs1. The Morgan fingerprint density at radius 3 is 2.62 bits per heavy atom. The molecule has 0 bridgehead atoms. The lowest BCUT2D eigenvalue weighted by Gasteiger charge is -2.01. The van der Waals surface area contributed by atoms with Gasteiger partial charge in [0.15, 0.2) is 0 Å². The van der Waals surface area contributed by atoms with E-state index in [1.807, 2.05) is 47.8 Å². The summed E-state index contributed by atoms with van der Waals surface area (Å²) in [5.74, 6) is 0.519. The van der Waals surface area contributed by atoms with Crippen LogP contribution in [0, 0.1) is 0 Å². The van der Waals surface area contributed by atoms with Crippen molar-refractivity contribution in [1.82, 2.24) is 19.7 Å². The predicted octanol–water partition coefficient (Wildman–Crippen LogP) is 4.29. The van der Waals surface area contributed by atoms with Gasteiger partial charge in [-0.25, -0.2) is 4.98 Å². The highest BCUT2D eigenvalue weighted by molar-refractivity contribution is 7.12. The molecule has 0 aliphatic heterocycles. The number of nitrogens with zero attached hydrogens (tertiary/aromatic N) is 4. The van der Waals surface area contributed by atoms with Crippen molar-refractivity contribution in [3.63, 3.8) is 0 Å². The summed E-state index contributed by atoms with van der Waals surface area (Å²) in [5, 5.41) is 7.74. The molecule has 4 aromatic rings. The van der Waals surface area contributed by atoms with Gasteiger partial charge in [-0.15, -0.1) is 11.3 Å². The van der Waals surface area contributed by atoms with Gasteiger partial charge in [-0.2, -0.15) is 9.78 Å². The quantitative estimate of drug-likeness (QED) is 0.596. The van der Waals surface area contributed by atoms with E-state index in [1.165, 1.54) is 11.3 Å². The molecule has 0 aliphatic carbocycles. The maximum Gasteiger partial charge on any atom is 0.212 e. The molecule has 5 nitrogen and oxygen atoms in total. The maximum atomic E-state index is 6.24. The van der Waals surface area contributed by atoms with Crippen LogP contribution in [0.3, 0.4) is 0 Å². The Labute approximate surface area is 147 Å². The largest absolute Gasteiger partial charge is 0.383 e. The van der Waals surface area contributed by atoms with Crippen LogP contribution in [0.1, 0.15) is 0 Å². The molecular formula is C17H12ClN5S. The van der Waals surface area contributed by atoms with Crippen molar-refractivity contribution in [3.8, 4) is 27.6 Å². The van der Waals surface area contributed by atoms with E-state index in [-0.39, 0.29) is 0 Å². The standard InChI is InChI=1S/C17H12ClN5S/c18-12-6-4-11(5-7-12)15-10-24-17(22-15)23-16(19)13(9-21-23)14-3-1-2-8-20-14/h1-10H,19H2. The second-order valence-corrected chi connectivity index (χ2v) is 6.37. The van der Waals surface area contributed by atoms with Crippen molar-refractivity contribution < 1.29 is 0 Å². The zero-order valence-corrected chi connectivity index (χ0v) is 14.0. The minimum absolute atomic E-state index is 0.519. The number of aromatic nitrogens is 4. The number of nitrogens with two attached hydrogens (primary N) is 1. The Bertz CT molecular complexity index is 976. The zero-order valence-electron chi connectivity index (χ0n) is 12.4. The van der Waals surface area contributed by atoms with Gasteiger partial charge in [0, 0.05) is 22.2 Å². The maximum absolute atomic E-state index is 6.24. The molecule has 7 heteroatoms. The average Bonchev–Trinajstić information content (AvgIpc) is 3.23. The highest BCUT2D eigenvalue weighted by atomic mass is 35.5. The summed E-state index contributed by atoms with van der Waals surface area (Å²) in [6.45, 7) is 0. The number of nitrogen functional groups attached to an aromatic ring is 1. The summed E-state index contributed by atoms with van der Waals surface area (Å²) < 4.78 is 1.63. The minimum Gasteiger partial charge on any atom is -0.383 e. The van der Waals surface area contributed by atoms with Crippen LogP contribution in [-0.2, 0) is 0 Å². The van der Waals surface area contributed by atoms with Crippen LogP contribution in [0.4, 0.5) is 5.82 Å². The highest BCUT2D eigenvalue weighted by Gasteiger charge is 2.14. The fourth-order valence-corrected chi connectivity index (χ4v) is 3.27. The lowest BCUT2D eigenvalue weighted by atomic mass is 10.2. The zero-order chi connectivity index (χ0) is 16.5. The van der Waals surface area contributed by atoms with E-state index in [2.05, 4.69) is 15.1 Å². The number of hydrogen-bond donors (Lipinski definition) is 1. The van der Waals surface area contributed by atoms with Gasteiger partial charge in [-0.1, -0.05) is 29.8 Å². The molecule has 0 unspecified atom stereocenters. The van der Waals surface area contributed by atoms with Crippen molar-refractivity contribution in [2.24, 2.45) is 0 Å². The topological polar surface area (TPSA) is 69.6 Å². The molecule has 0 atom stereocenters. The molecule has 118 valence electrons. The summed E-state index contributed by atoms with van der Waals surface area (Å²) >= 11 is 7.41. The third kappa shape index (κ3) is 2.66. The van der Waals surface area contributed by atoms with Gasteiger partial charge in [0.05, 0.1) is 23.1 Å². The monoisotopic (exact) mass is 353 g/mol. The molecule has 3 aromatic heterocycles. The first-order valence-electron chi connectivity index (χ1n) is 7.19. The third-order valence-corrected chi connectivity index (χ3v) is 4.63. The van der Waals surface area contributed by atoms with Crippen LogP contribution in [0.15, 0.2) is 60.2 Å². The average molecular weight is 354 g/mol. The molecule has 0 radical (unpaired) electrons. The molecule has 0 amide bonds. The molecule has 4 rings (SSSR count). The van der Waals surface area contributed by atoms with Gasteiger partial charge in [0.25, 0.3) is 0 Å². The Kier molecular flexibility index (Phi) is 3.76. The van der Waals surface area contributed by atoms with Crippen LogP contribution in [-0.4, -0.2) is 19.7 Å². The fraction of sp³-hybridized carbons (Fsp3) is 0. The van der Waals surface area contributed by atoms with E-state index in [0.717, 1.165) is 22.5 Å². The molecule has 1 aromatic carbocycles. The highest BCUT2D eigenvalue weighted by Crippen LogP contribution is 2.29. The van der Waals surface area contributed by atoms with Crippen molar-refractivity contribution >= 4 is 28.8 Å². The second kappa shape index (κ2) is 6.07. The van der Waals surface area contributed by atoms with E-state index in [1.54, 1.807) is 17.1 Å². The summed E-state index contributed by atoms with van der Waals surface area (Å²) in [6, 6.07) is 13.2. The van der Waals surface area contributed by atoms with Crippen molar-refractivity contribution in [1.29, 1.82) is 0 Å². The van der Waals surface area contributed by atoms with Crippen molar-refractivity contribution in [3.05, 3.63) is 65.3 Å². The third-order valence-electron chi connectivity index (χ3n) is 3.56. The first-order valence-corrected chi connectivity index (χ1v) is 8.45. The Balaban J connectivity index is 1.71. The fourth-order valence-electron chi connectivity index (χ4n) is 2.34. The molecule has 3 heterocycles. The van der Waals surface area contributed by atoms with Gasteiger partial charge in [0.2, 0.25) is 5.13 Å². The van der Waals surface area contributed by atoms with Gasteiger partial charge in [-0.05, 0) is 24.3 Å². The summed E-state index contributed by atoms with van der Waals surface area (Å²) in [7, 11) is 0. The minimum atomic E-state index is 0.519. The number of pyridine rings is 1. The Morgan fingerprint density at radius 1 is 1.04 bits per heavy atom. The molecule has 0 aliphatic rings. The summed E-state index contributed by atoms with van der Waals surface area (Å²) in [6.07, 6.45) is 3.44. The first kappa shape index (κ1) is 14.9. The number of thiazole rings is 1. The van der Waals surface area contributed by atoms with Gasteiger partial charge in [-0.3, -0.25) is 4.98 Å². The van der Waals surface area contributed by atoms with Crippen molar-refractivity contribution in [2.45, 2.75) is 0 Å².